The Hall–Kier alpha value is -2.49. The summed E-state index contributed by atoms with van der Waals surface area (Å²) in [4.78, 5) is 9.82. The van der Waals surface area contributed by atoms with Crippen LogP contribution in [-0.2, 0) is 16.8 Å². The van der Waals surface area contributed by atoms with E-state index in [-0.39, 0.29) is 0 Å². The molecule has 0 unspecified atom stereocenters. The smallest absolute Gasteiger partial charge is 0.357 e. The van der Waals surface area contributed by atoms with Crippen LogP contribution in [0.2, 0.25) is 0 Å². The first-order chi connectivity index (χ1) is 13.5. The molecular weight excluding hydrogens is 396 g/mol. The molecule has 0 bridgehead atoms. The molecule has 0 aliphatic heterocycles. The molecule has 0 spiro atoms. The molecule has 0 saturated carbocycles. The number of hydrogen-bond donors (Lipinski definition) is 3. The number of benzene rings is 1. The summed E-state index contributed by atoms with van der Waals surface area (Å²) in [5.41, 5.74) is 3.85. The van der Waals surface area contributed by atoms with Gasteiger partial charge >= 0.3 is 10.3 Å². The number of aromatic nitrogens is 2. The van der Waals surface area contributed by atoms with E-state index < -0.39 is 10.3 Å². The molecule has 0 saturated heterocycles. The summed E-state index contributed by atoms with van der Waals surface area (Å²) in [5, 5.41) is 6.60. The zero-order chi connectivity index (χ0) is 19.6. The van der Waals surface area contributed by atoms with Crippen LogP contribution in [0.1, 0.15) is 36.8 Å². The number of nitrogens with one attached hydrogen (secondary N) is 2. The second kappa shape index (κ2) is 7.86. The molecule has 3 N–H and O–H groups in total. The van der Waals surface area contributed by atoms with Gasteiger partial charge in [-0.05, 0) is 49.0 Å². The molecule has 7 nitrogen and oxygen atoms in total. The third-order valence-electron chi connectivity index (χ3n) is 4.67. The average molecular weight is 417 g/mol. The maximum absolute atomic E-state index is 10.9. The average Bonchev–Trinajstić information content (AvgIpc) is 3.12. The van der Waals surface area contributed by atoms with Crippen molar-refractivity contribution in [2.24, 2.45) is 0 Å². The molecule has 0 atom stereocenters. The molecule has 1 aromatic carbocycles. The lowest BCUT2D eigenvalue weighted by molar-refractivity contribution is 0.489. The van der Waals surface area contributed by atoms with E-state index >= 15 is 0 Å². The Morgan fingerprint density at radius 3 is 2.68 bits per heavy atom. The lowest BCUT2D eigenvalue weighted by Gasteiger charge is -2.13. The topological polar surface area (TPSA) is 104 Å². The highest BCUT2D eigenvalue weighted by Gasteiger charge is 2.16. The van der Waals surface area contributed by atoms with Crippen molar-refractivity contribution in [3.8, 4) is 0 Å². The molecule has 2 heterocycles. The molecule has 0 radical (unpaired) electrons. The molecule has 146 valence electrons. The highest BCUT2D eigenvalue weighted by molar-refractivity contribution is 7.87. The van der Waals surface area contributed by atoms with Gasteiger partial charge in [0, 0.05) is 17.5 Å². The minimum absolute atomic E-state index is 0.306. The Labute approximate surface area is 167 Å². The number of rotatable bonds is 6. The fourth-order valence-electron chi connectivity index (χ4n) is 3.35. The second-order valence-electron chi connectivity index (χ2n) is 6.65. The molecule has 9 heteroatoms. The van der Waals surface area contributed by atoms with Gasteiger partial charge in [0.2, 0.25) is 0 Å². The number of hydrogen-bond acceptors (Lipinski definition) is 6. The van der Waals surface area contributed by atoms with Gasteiger partial charge in [-0.15, -0.1) is 11.3 Å². The van der Waals surface area contributed by atoms with Crippen LogP contribution in [0.25, 0.3) is 15.8 Å². The van der Waals surface area contributed by atoms with E-state index in [1.165, 1.54) is 24.0 Å². The van der Waals surface area contributed by atoms with Gasteiger partial charge in [-0.1, -0.05) is 18.2 Å². The summed E-state index contributed by atoms with van der Waals surface area (Å²) in [7, 11) is -4.27. The normalized spacial score (nSPS) is 14.7. The molecule has 4 rings (SSSR count). The molecule has 0 fully saturated rings. The summed E-state index contributed by atoms with van der Waals surface area (Å²) >= 11 is 1.63. The molecule has 2 aromatic heterocycles. The third-order valence-corrected chi connectivity index (χ3v) is 6.05. The fourth-order valence-corrected chi connectivity index (χ4v) is 4.72. The molecule has 0 amide bonds. The maximum Gasteiger partial charge on any atom is 0.357 e. The number of allylic oxidation sites excluding steroid dienone is 2. The van der Waals surface area contributed by atoms with Gasteiger partial charge in [-0.25, -0.2) is 9.97 Å². The van der Waals surface area contributed by atoms with Gasteiger partial charge < -0.3 is 5.32 Å². The van der Waals surface area contributed by atoms with Crippen LogP contribution in [0, 0.1) is 0 Å². The zero-order valence-corrected chi connectivity index (χ0v) is 16.7. The van der Waals surface area contributed by atoms with Crippen molar-refractivity contribution in [2.45, 2.75) is 32.2 Å². The second-order valence-corrected chi connectivity index (χ2v) is 8.67. The fraction of sp³-hybridized carbons (Fsp3) is 0.263. The van der Waals surface area contributed by atoms with Crippen LogP contribution in [0.3, 0.4) is 0 Å². The Kier molecular flexibility index (Phi) is 5.29. The minimum Gasteiger partial charge on any atom is -0.365 e. The SMILES string of the molecule is O=S(=O)(O)Nc1ccc(CNc2ncnc3scc(C4=CCCCC4)c23)cc1. The van der Waals surface area contributed by atoms with E-state index in [0.29, 0.717) is 12.2 Å². The molecule has 1 aliphatic carbocycles. The van der Waals surface area contributed by atoms with E-state index in [1.54, 1.807) is 41.9 Å². The number of thiophene rings is 1. The number of anilines is 2. The van der Waals surface area contributed by atoms with E-state index in [0.717, 1.165) is 34.4 Å². The van der Waals surface area contributed by atoms with Crippen molar-refractivity contribution in [3.63, 3.8) is 0 Å². The maximum atomic E-state index is 10.9. The van der Waals surface area contributed by atoms with Crippen molar-refractivity contribution in [2.75, 3.05) is 10.0 Å². The van der Waals surface area contributed by atoms with Crippen LogP contribution >= 0.6 is 11.3 Å². The van der Waals surface area contributed by atoms with E-state index in [9.17, 15) is 8.42 Å². The summed E-state index contributed by atoms with van der Waals surface area (Å²) < 4.78 is 32.6. The highest BCUT2D eigenvalue weighted by atomic mass is 32.2. The van der Waals surface area contributed by atoms with Gasteiger partial charge in [0.15, 0.2) is 0 Å². The summed E-state index contributed by atoms with van der Waals surface area (Å²) in [6.07, 6.45) is 8.55. The molecule has 28 heavy (non-hydrogen) atoms. The molecule has 3 aromatic rings. The Bertz CT molecular complexity index is 1120. The first-order valence-corrected chi connectivity index (χ1v) is 11.3. The number of fused-ring (bicyclic) bond motifs is 1. The highest BCUT2D eigenvalue weighted by Crippen LogP contribution is 2.37. The largest absolute Gasteiger partial charge is 0.365 e. The van der Waals surface area contributed by atoms with Gasteiger partial charge in [0.1, 0.15) is 17.0 Å². The van der Waals surface area contributed by atoms with E-state index in [4.69, 9.17) is 4.55 Å². The summed E-state index contributed by atoms with van der Waals surface area (Å²) in [6.45, 7) is 0.534. The third kappa shape index (κ3) is 4.32. The van der Waals surface area contributed by atoms with Crippen molar-refractivity contribution >= 4 is 48.9 Å². The summed E-state index contributed by atoms with van der Waals surface area (Å²) in [6, 6.07) is 6.78. The molecule has 1 aliphatic rings. The molecular formula is C19H20N4O3S2. The van der Waals surface area contributed by atoms with Crippen molar-refractivity contribution in [1.82, 2.24) is 9.97 Å². The monoisotopic (exact) mass is 416 g/mol. The summed E-state index contributed by atoms with van der Waals surface area (Å²) in [5.74, 6) is 0.799. The lowest BCUT2D eigenvalue weighted by Crippen LogP contribution is -2.10. The van der Waals surface area contributed by atoms with Crippen LogP contribution < -0.4 is 10.0 Å². The minimum atomic E-state index is -4.27. The van der Waals surface area contributed by atoms with Gasteiger partial charge in [-0.2, -0.15) is 8.42 Å². The van der Waals surface area contributed by atoms with Crippen molar-refractivity contribution < 1.29 is 13.0 Å². The Balaban J connectivity index is 1.55. The predicted octanol–water partition coefficient (Wildman–Crippen LogP) is 4.48. The van der Waals surface area contributed by atoms with Crippen LogP contribution in [0.4, 0.5) is 11.5 Å². The first kappa shape index (κ1) is 18.9. The van der Waals surface area contributed by atoms with Gasteiger partial charge in [0.05, 0.1) is 11.1 Å². The standard InChI is InChI=1S/C19H20N4O3S2/c24-28(25,26)23-15-8-6-13(7-9-15)10-20-18-17-16(14-4-2-1-3-5-14)11-27-19(17)22-12-21-18/h4,6-9,11-12,23H,1-3,5,10H2,(H,20,21,22)(H,24,25,26). The first-order valence-electron chi connectivity index (χ1n) is 8.99. The Morgan fingerprint density at radius 2 is 1.96 bits per heavy atom. The van der Waals surface area contributed by atoms with Crippen LogP contribution in [-0.4, -0.2) is 22.9 Å². The van der Waals surface area contributed by atoms with Crippen molar-refractivity contribution in [3.05, 3.63) is 53.2 Å². The van der Waals surface area contributed by atoms with Gasteiger partial charge in [-0.3, -0.25) is 9.27 Å². The zero-order valence-electron chi connectivity index (χ0n) is 15.1. The van der Waals surface area contributed by atoms with E-state index in [2.05, 4.69) is 26.7 Å². The van der Waals surface area contributed by atoms with Crippen LogP contribution in [0.15, 0.2) is 42.0 Å². The predicted molar refractivity (Wildman–Crippen MR) is 113 cm³/mol. The van der Waals surface area contributed by atoms with E-state index in [1.807, 2.05) is 4.72 Å². The number of nitrogens with zero attached hydrogens (tertiary/aromatic N) is 2. The Morgan fingerprint density at radius 1 is 1.14 bits per heavy atom. The van der Waals surface area contributed by atoms with Crippen LogP contribution in [0.5, 0.6) is 0 Å². The quantitative estimate of drug-likeness (QED) is 0.512. The van der Waals surface area contributed by atoms with Crippen molar-refractivity contribution in [1.29, 1.82) is 0 Å². The lowest BCUT2D eigenvalue weighted by atomic mass is 9.94. The van der Waals surface area contributed by atoms with Gasteiger partial charge in [0.25, 0.3) is 0 Å².